The third-order valence-electron chi connectivity index (χ3n) is 11.6. The number of likely N-dealkylation sites (tertiary alicyclic amines) is 1. The summed E-state index contributed by atoms with van der Waals surface area (Å²) in [5.74, 6) is 1.27. The van der Waals surface area contributed by atoms with E-state index in [1.807, 2.05) is 0 Å². The summed E-state index contributed by atoms with van der Waals surface area (Å²) in [6.07, 6.45) is 10.3. The number of fused-ring (bicyclic) bond motifs is 5. The maximum absolute atomic E-state index is 12.6. The van der Waals surface area contributed by atoms with E-state index in [0.717, 1.165) is 63.4 Å². The maximum atomic E-state index is 12.6. The molecule has 35 heavy (non-hydrogen) atoms. The van der Waals surface area contributed by atoms with Crippen molar-refractivity contribution >= 4 is 12.1 Å². The molecule has 9 atom stereocenters. The highest BCUT2D eigenvalue weighted by Gasteiger charge is 2.67. The quantitative estimate of drug-likeness (QED) is 0.575. The van der Waals surface area contributed by atoms with Crippen LogP contribution in [0.1, 0.15) is 78.1 Å². The van der Waals surface area contributed by atoms with E-state index < -0.39 is 11.7 Å². The van der Waals surface area contributed by atoms with Crippen LogP contribution in [0, 0.1) is 34.5 Å². The molecule has 0 aromatic carbocycles. The second-order valence-electron chi connectivity index (χ2n) is 13.0. The number of nitrogens with zero attached hydrogens (tertiary/aromatic N) is 1. The Hall–Kier alpha value is -1.60. The average Bonchev–Trinajstić information content (AvgIpc) is 3.51. The van der Waals surface area contributed by atoms with Gasteiger partial charge in [0.1, 0.15) is 12.7 Å². The van der Waals surface area contributed by atoms with E-state index in [1.165, 1.54) is 0 Å². The van der Waals surface area contributed by atoms with E-state index in [1.54, 1.807) is 11.0 Å². The number of cyclic esters (lactones) is 1. The van der Waals surface area contributed by atoms with Crippen LogP contribution in [-0.2, 0) is 14.3 Å². The van der Waals surface area contributed by atoms with E-state index in [-0.39, 0.29) is 40.8 Å². The molecule has 0 aromatic rings. The highest BCUT2D eigenvalue weighted by molar-refractivity contribution is 5.85. The first kappa shape index (κ1) is 23.8. The minimum Gasteiger partial charge on any atom is -0.458 e. The van der Waals surface area contributed by atoms with Crippen molar-refractivity contribution in [2.75, 3.05) is 19.7 Å². The molecule has 2 N–H and O–H groups in total. The molecule has 4 aliphatic carbocycles. The predicted octanol–water partition coefficient (Wildman–Crippen LogP) is 3.82. The largest absolute Gasteiger partial charge is 0.458 e. The van der Waals surface area contributed by atoms with Gasteiger partial charge in [-0.2, -0.15) is 0 Å². The molecule has 6 aliphatic rings. The van der Waals surface area contributed by atoms with Crippen LogP contribution in [0.15, 0.2) is 11.6 Å². The van der Waals surface area contributed by atoms with Crippen molar-refractivity contribution in [1.82, 2.24) is 4.90 Å². The summed E-state index contributed by atoms with van der Waals surface area (Å²) in [6, 6.07) is 0. The van der Waals surface area contributed by atoms with Crippen LogP contribution in [0.2, 0.25) is 0 Å². The molecule has 0 aromatic heterocycles. The highest BCUT2D eigenvalue weighted by atomic mass is 16.6. The zero-order valence-corrected chi connectivity index (χ0v) is 21.2. The molecule has 7 heteroatoms. The Morgan fingerprint density at radius 2 is 1.91 bits per heavy atom. The van der Waals surface area contributed by atoms with Gasteiger partial charge in [-0.3, -0.25) is 0 Å². The standard InChI is InChI=1S/C28H41NO6/c1-26-9-5-20(35-25(32)29-12-8-19(30)15-29)14-18(26)3-4-23-22(26)6-10-27(2)21(7-11-28(23,27)33)17-13-24(31)34-16-17/h13,18-23,30,33H,3-12,14-16H2,1-2H3/t18-,19?,20+,21-,22+,23-,26+,27-,28+/m1/s1. The Labute approximate surface area is 208 Å². The molecule has 6 rings (SSSR count). The van der Waals surface area contributed by atoms with Gasteiger partial charge in [0, 0.05) is 24.6 Å². The molecule has 1 saturated heterocycles. The normalized spacial score (nSPS) is 49.1. The Morgan fingerprint density at radius 1 is 1.09 bits per heavy atom. The van der Waals surface area contributed by atoms with Crippen molar-refractivity contribution < 1.29 is 29.3 Å². The lowest BCUT2D eigenvalue weighted by Gasteiger charge is -2.63. The second-order valence-corrected chi connectivity index (χ2v) is 13.0. The summed E-state index contributed by atoms with van der Waals surface area (Å²) in [4.78, 5) is 26.0. The Balaban J connectivity index is 1.16. The van der Waals surface area contributed by atoms with Crippen molar-refractivity contribution in [3.8, 4) is 0 Å². The van der Waals surface area contributed by atoms with Crippen molar-refractivity contribution in [3.63, 3.8) is 0 Å². The molecule has 7 nitrogen and oxygen atoms in total. The summed E-state index contributed by atoms with van der Waals surface area (Å²) < 4.78 is 11.2. The van der Waals surface area contributed by atoms with Crippen molar-refractivity contribution in [3.05, 3.63) is 11.6 Å². The fourth-order valence-electron chi connectivity index (χ4n) is 9.60. The average molecular weight is 488 g/mol. The van der Waals surface area contributed by atoms with Gasteiger partial charge in [-0.1, -0.05) is 13.8 Å². The number of esters is 1. The molecule has 4 saturated carbocycles. The first-order chi connectivity index (χ1) is 16.6. The lowest BCUT2D eigenvalue weighted by atomic mass is 9.43. The van der Waals surface area contributed by atoms with E-state index in [9.17, 15) is 19.8 Å². The van der Waals surface area contributed by atoms with Gasteiger partial charge < -0.3 is 24.6 Å². The van der Waals surface area contributed by atoms with Gasteiger partial charge >= 0.3 is 12.1 Å². The van der Waals surface area contributed by atoms with Crippen LogP contribution < -0.4 is 0 Å². The van der Waals surface area contributed by atoms with E-state index >= 15 is 0 Å². The van der Waals surface area contributed by atoms with Crippen LogP contribution >= 0.6 is 0 Å². The predicted molar refractivity (Wildman–Crippen MR) is 128 cm³/mol. The fourth-order valence-corrected chi connectivity index (χ4v) is 9.60. The van der Waals surface area contributed by atoms with Crippen LogP contribution in [0.4, 0.5) is 4.79 Å². The number of rotatable bonds is 2. The van der Waals surface area contributed by atoms with Gasteiger partial charge in [0.25, 0.3) is 0 Å². The summed E-state index contributed by atoms with van der Waals surface area (Å²) in [7, 11) is 0. The number of aliphatic hydroxyl groups excluding tert-OH is 1. The number of carbonyl (C=O) groups excluding carboxylic acids is 2. The summed E-state index contributed by atoms with van der Waals surface area (Å²) in [5.41, 5.74) is 0.349. The summed E-state index contributed by atoms with van der Waals surface area (Å²) in [6.45, 7) is 6.05. The first-order valence-corrected chi connectivity index (χ1v) is 13.9. The number of hydrogen-bond acceptors (Lipinski definition) is 6. The van der Waals surface area contributed by atoms with Gasteiger partial charge in [0.2, 0.25) is 0 Å². The summed E-state index contributed by atoms with van der Waals surface area (Å²) >= 11 is 0. The lowest BCUT2D eigenvalue weighted by molar-refractivity contribution is -0.208. The number of β-amino-alcohol motifs (C(OH)–C–C–N with tert-alkyl or cyclic N) is 1. The topological polar surface area (TPSA) is 96.3 Å². The molecular weight excluding hydrogens is 446 g/mol. The number of ether oxygens (including phenoxy) is 2. The molecule has 1 unspecified atom stereocenters. The van der Waals surface area contributed by atoms with E-state index in [4.69, 9.17) is 9.47 Å². The fraction of sp³-hybridized carbons (Fsp3) is 0.857. The summed E-state index contributed by atoms with van der Waals surface area (Å²) in [5, 5.41) is 22.1. The number of carbonyl (C=O) groups is 2. The van der Waals surface area contributed by atoms with Gasteiger partial charge in [0.05, 0.1) is 11.7 Å². The number of aliphatic hydroxyl groups is 2. The monoisotopic (exact) mass is 487 g/mol. The smallest absolute Gasteiger partial charge is 0.410 e. The molecule has 5 fully saturated rings. The maximum Gasteiger partial charge on any atom is 0.410 e. The molecule has 1 amide bonds. The van der Waals surface area contributed by atoms with Crippen LogP contribution in [0.25, 0.3) is 0 Å². The van der Waals surface area contributed by atoms with Crippen molar-refractivity contribution in [1.29, 1.82) is 0 Å². The zero-order chi connectivity index (χ0) is 24.6. The highest BCUT2D eigenvalue weighted by Crippen LogP contribution is 2.70. The Bertz CT molecular complexity index is 934. The molecule has 0 bridgehead atoms. The van der Waals surface area contributed by atoms with Gasteiger partial charge in [0.15, 0.2) is 0 Å². The van der Waals surface area contributed by atoms with Gasteiger partial charge in [-0.05, 0) is 98.9 Å². The minimum absolute atomic E-state index is 0.0467. The lowest BCUT2D eigenvalue weighted by Crippen LogP contribution is -2.62. The SMILES string of the molecule is C[C@]12CC[C@H](OC(=O)N3CCC(O)C3)C[C@H]1CC[C@@H]1[C@@H]2CC[C@]2(C)[C@@H](C3=CC(=O)OC3)CC[C@]12O. The van der Waals surface area contributed by atoms with Gasteiger partial charge in [-0.15, -0.1) is 0 Å². The Morgan fingerprint density at radius 3 is 2.63 bits per heavy atom. The van der Waals surface area contributed by atoms with Crippen molar-refractivity contribution in [2.45, 2.75) is 95.9 Å². The van der Waals surface area contributed by atoms with Crippen molar-refractivity contribution in [2.24, 2.45) is 34.5 Å². The molecule has 2 aliphatic heterocycles. The molecule has 0 spiro atoms. The zero-order valence-electron chi connectivity index (χ0n) is 21.2. The third kappa shape index (κ3) is 3.51. The molecular formula is C28H41NO6. The van der Waals surface area contributed by atoms with Crippen LogP contribution in [0.5, 0.6) is 0 Å². The first-order valence-electron chi connectivity index (χ1n) is 13.9. The molecule has 194 valence electrons. The molecule has 2 heterocycles. The van der Waals surface area contributed by atoms with Gasteiger partial charge in [-0.25, -0.2) is 9.59 Å². The number of hydrogen-bond donors (Lipinski definition) is 2. The van der Waals surface area contributed by atoms with E-state index in [2.05, 4.69) is 13.8 Å². The molecule has 0 radical (unpaired) electrons. The van der Waals surface area contributed by atoms with Crippen LogP contribution in [0.3, 0.4) is 0 Å². The Kier molecular flexibility index (Phi) is 5.57. The third-order valence-corrected chi connectivity index (χ3v) is 11.6. The van der Waals surface area contributed by atoms with E-state index in [0.29, 0.717) is 38.0 Å². The minimum atomic E-state index is -0.694. The number of amides is 1. The van der Waals surface area contributed by atoms with Crippen LogP contribution in [-0.4, -0.2) is 64.7 Å². The second kappa shape index (κ2) is 8.20.